The summed E-state index contributed by atoms with van der Waals surface area (Å²) in [6, 6.07) is 0.468. The summed E-state index contributed by atoms with van der Waals surface area (Å²) in [5, 5.41) is 3.25. The number of hydrogen-bond donors (Lipinski definition) is 1. The molecule has 1 amide bonds. The van der Waals surface area contributed by atoms with E-state index in [-0.39, 0.29) is 5.91 Å². The molecule has 0 aromatic carbocycles. The third-order valence-electron chi connectivity index (χ3n) is 4.09. The molecule has 2 aliphatic rings. The van der Waals surface area contributed by atoms with E-state index in [1.165, 1.54) is 12.8 Å². The fraction of sp³-hybridized carbons (Fsp3) is 0.929. The van der Waals surface area contributed by atoms with Crippen LogP contribution in [0.2, 0.25) is 0 Å². The van der Waals surface area contributed by atoms with Crippen molar-refractivity contribution in [2.75, 3.05) is 26.2 Å². The summed E-state index contributed by atoms with van der Waals surface area (Å²) in [4.78, 5) is 14.2. The molecule has 2 atom stereocenters. The van der Waals surface area contributed by atoms with Crippen LogP contribution in [-0.4, -0.2) is 49.2 Å². The van der Waals surface area contributed by atoms with Crippen LogP contribution in [-0.2, 0) is 9.53 Å². The molecular formula is C14H26N2O2. The van der Waals surface area contributed by atoms with Gasteiger partial charge in [0.25, 0.3) is 0 Å². The van der Waals surface area contributed by atoms with Crippen LogP contribution in [0.1, 0.15) is 45.4 Å². The maximum Gasteiger partial charge on any atom is 0.236 e. The van der Waals surface area contributed by atoms with E-state index < -0.39 is 0 Å². The zero-order chi connectivity index (χ0) is 12.8. The van der Waals surface area contributed by atoms with Crippen molar-refractivity contribution < 1.29 is 9.53 Å². The molecule has 2 fully saturated rings. The molecule has 104 valence electrons. The van der Waals surface area contributed by atoms with Crippen LogP contribution in [0.4, 0.5) is 0 Å². The van der Waals surface area contributed by atoms with Crippen molar-refractivity contribution in [2.24, 2.45) is 0 Å². The summed E-state index contributed by atoms with van der Waals surface area (Å²) >= 11 is 0. The van der Waals surface area contributed by atoms with Crippen LogP contribution >= 0.6 is 0 Å². The number of likely N-dealkylation sites (tertiary alicyclic amines) is 1. The average molecular weight is 254 g/mol. The summed E-state index contributed by atoms with van der Waals surface area (Å²) in [5.74, 6) is 0.263. The number of nitrogens with zero attached hydrogens (tertiary/aromatic N) is 1. The highest BCUT2D eigenvalue weighted by Crippen LogP contribution is 2.19. The fourth-order valence-corrected chi connectivity index (χ4v) is 3.00. The third-order valence-corrected chi connectivity index (χ3v) is 4.09. The standard InChI is InChI=1S/C14H26N2O2/c1-2-12-6-3-4-8-16(12)14(17)11-15-10-13-7-5-9-18-13/h12-13,15H,2-11H2,1H3/t12-,13+/m1/s1. The first-order valence-electron chi connectivity index (χ1n) is 7.43. The molecule has 0 bridgehead atoms. The molecule has 2 rings (SSSR count). The lowest BCUT2D eigenvalue weighted by atomic mass is 10.00. The summed E-state index contributed by atoms with van der Waals surface area (Å²) in [6.45, 7) is 5.28. The minimum Gasteiger partial charge on any atom is -0.377 e. The molecule has 18 heavy (non-hydrogen) atoms. The molecule has 0 spiro atoms. The largest absolute Gasteiger partial charge is 0.377 e. The van der Waals surface area contributed by atoms with Crippen molar-refractivity contribution in [1.82, 2.24) is 10.2 Å². The number of ether oxygens (including phenoxy) is 1. The minimum absolute atomic E-state index is 0.263. The van der Waals surface area contributed by atoms with Crippen LogP contribution in [0.25, 0.3) is 0 Å². The Morgan fingerprint density at radius 2 is 2.22 bits per heavy atom. The van der Waals surface area contributed by atoms with Crippen molar-refractivity contribution in [3.8, 4) is 0 Å². The van der Waals surface area contributed by atoms with Crippen LogP contribution in [0, 0.1) is 0 Å². The first kappa shape index (κ1) is 13.8. The Hall–Kier alpha value is -0.610. The van der Waals surface area contributed by atoms with Gasteiger partial charge in [0.2, 0.25) is 5.91 Å². The highest BCUT2D eigenvalue weighted by molar-refractivity contribution is 5.78. The number of carbonyl (C=O) groups excluding carboxylic acids is 1. The maximum absolute atomic E-state index is 12.2. The van der Waals surface area contributed by atoms with Gasteiger partial charge in [0.1, 0.15) is 0 Å². The number of piperidine rings is 1. The SMILES string of the molecule is CC[C@@H]1CCCCN1C(=O)CNC[C@@H]1CCCO1. The monoisotopic (exact) mass is 254 g/mol. The molecule has 4 nitrogen and oxygen atoms in total. The summed E-state index contributed by atoms with van der Waals surface area (Å²) < 4.78 is 5.54. The topological polar surface area (TPSA) is 41.6 Å². The molecule has 0 aromatic heterocycles. The Morgan fingerprint density at radius 1 is 1.33 bits per heavy atom. The maximum atomic E-state index is 12.2. The highest BCUT2D eigenvalue weighted by Gasteiger charge is 2.25. The van der Waals surface area contributed by atoms with Crippen molar-refractivity contribution in [1.29, 1.82) is 0 Å². The number of rotatable bonds is 5. The quantitative estimate of drug-likeness (QED) is 0.809. The summed E-state index contributed by atoms with van der Waals surface area (Å²) in [5.41, 5.74) is 0. The van der Waals surface area contributed by atoms with E-state index in [2.05, 4.69) is 17.1 Å². The molecule has 4 heteroatoms. The van der Waals surface area contributed by atoms with Gasteiger partial charge in [0.15, 0.2) is 0 Å². The van der Waals surface area contributed by atoms with E-state index in [9.17, 15) is 4.79 Å². The Balaban J connectivity index is 1.69. The number of amides is 1. The van der Waals surface area contributed by atoms with E-state index in [4.69, 9.17) is 4.74 Å². The second kappa shape index (κ2) is 7.10. The molecular weight excluding hydrogens is 228 g/mol. The normalized spacial score (nSPS) is 28.6. The summed E-state index contributed by atoms with van der Waals surface area (Å²) in [6.07, 6.45) is 7.29. The molecule has 2 aliphatic heterocycles. The Bertz CT molecular complexity index is 265. The van der Waals surface area contributed by atoms with Gasteiger partial charge in [-0.3, -0.25) is 4.79 Å². The third kappa shape index (κ3) is 3.69. The van der Waals surface area contributed by atoms with E-state index in [0.29, 0.717) is 18.7 Å². The van der Waals surface area contributed by atoms with E-state index in [1.807, 2.05) is 0 Å². The second-order valence-corrected chi connectivity index (χ2v) is 5.41. The van der Waals surface area contributed by atoms with Crippen LogP contribution in [0.3, 0.4) is 0 Å². The van der Waals surface area contributed by atoms with Gasteiger partial charge in [-0.1, -0.05) is 6.92 Å². The zero-order valence-electron chi connectivity index (χ0n) is 11.5. The van der Waals surface area contributed by atoms with Crippen molar-refractivity contribution in [3.63, 3.8) is 0 Å². The van der Waals surface area contributed by atoms with Gasteiger partial charge in [0, 0.05) is 25.7 Å². The van der Waals surface area contributed by atoms with Gasteiger partial charge in [-0.15, -0.1) is 0 Å². The first-order valence-corrected chi connectivity index (χ1v) is 7.43. The number of carbonyl (C=O) groups is 1. The Morgan fingerprint density at radius 3 is 2.94 bits per heavy atom. The zero-order valence-corrected chi connectivity index (χ0v) is 11.5. The lowest BCUT2D eigenvalue weighted by Crippen LogP contribution is -2.47. The van der Waals surface area contributed by atoms with Crippen LogP contribution < -0.4 is 5.32 Å². The molecule has 2 saturated heterocycles. The van der Waals surface area contributed by atoms with Crippen LogP contribution in [0.15, 0.2) is 0 Å². The number of hydrogen-bond acceptors (Lipinski definition) is 3. The Kier molecular flexibility index (Phi) is 5.45. The molecule has 0 saturated carbocycles. The lowest BCUT2D eigenvalue weighted by molar-refractivity contribution is -0.134. The van der Waals surface area contributed by atoms with Crippen molar-refractivity contribution >= 4 is 5.91 Å². The molecule has 0 unspecified atom stereocenters. The van der Waals surface area contributed by atoms with Gasteiger partial charge in [-0.2, -0.15) is 0 Å². The van der Waals surface area contributed by atoms with Gasteiger partial charge in [-0.25, -0.2) is 0 Å². The van der Waals surface area contributed by atoms with Gasteiger partial charge < -0.3 is 15.0 Å². The highest BCUT2D eigenvalue weighted by atomic mass is 16.5. The fourth-order valence-electron chi connectivity index (χ4n) is 3.00. The van der Waals surface area contributed by atoms with Crippen molar-refractivity contribution in [2.45, 2.75) is 57.6 Å². The summed E-state index contributed by atoms with van der Waals surface area (Å²) in [7, 11) is 0. The lowest BCUT2D eigenvalue weighted by Gasteiger charge is -2.35. The number of nitrogens with one attached hydrogen (secondary N) is 1. The smallest absolute Gasteiger partial charge is 0.236 e. The molecule has 1 N–H and O–H groups in total. The first-order chi connectivity index (χ1) is 8.81. The van der Waals surface area contributed by atoms with Gasteiger partial charge in [0.05, 0.1) is 12.6 Å². The molecule has 0 aliphatic carbocycles. The molecule has 0 aromatic rings. The van der Waals surface area contributed by atoms with E-state index in [0.717, 1.165) is 45.4 Å². The Labute approximate surface area is 110 Å². The predicted molar refractivity (Wildman–Crippen MR) is 71.5 cm³/mol. The second-order valence-electron chi connectivity index (χ2n) is 5.41. The van der Waals surface area contributed by atoms with Gasteiger partial charge in [-0.05, 0) is 38.5 Å². The molecule has 0 radical (unpaired) electrons. The minimum atomic E-state index is 0.263. The van der Waals surface area contributed by atoms with E-state index in [1.54, 1.807) is 0 Å². The van der Waals surface area contributed by atoms with Crippen molar-refractivity contribution in [3.05, 3.63) is 0 Å². The predicted octanol–water partition coefficient (Wildman–Crippen LogP) is 1.55. The molecule has 2 heterocycles. The van der Waals surface area contributed by atoms with Gasteiger partial charge >= 0.3 is 0 Å². The van der Waals surface area contributed by atoms with Crippen LogP contribution in [0.5, 0.6) is 0 Å². The average Bonchev–Trinajstić information content (AvgIpc) is 2.91. The van der Waals surface area contributed by atoms with E-state index >= 15 is 0 Å².